The van der Waals surface area contributed by atoms with Gasteiger partial charge in [0.1, 0.15) is 11.6 Å². The van der Waals surface area contributed by atoms with E-state index in [1.54, 1.807) is 0 Å². The Morgan fingerprint density at radius 1 is 0.338 bits per heavy atom. The van der Waals surface area contributed by atoms with Gasteiger partial charge in [0.15, 0.2) is 0 Å². The highest BCUT2D eigenvalue weighted by Gasteiger charge is 2.32. The number of benzene rings is 7. The third-order valence-electron chi connectivity index (χ3n) is 13.2. The molecule has 0 saturated heterocycles. The number of aromatic nitrogens is 4. The minimum atomic E-state index is -0.192. The predicted molar refractivity (Wildman–Crippen MR) is 280 cm³/mol. The molecule has 6 nitrogen and oxygen atoms in total. The molecule has 9 aromatic rings. The molecule has 9 rings (SSSR count). The maximum Gasteiger partial charge on any atom is 0.264 e. The first-order chi connectivity index (χ1) is 32.5. The summed E-state index contributed by atoms with van der Waals surface area (Å²) in [5.74, 6) is 0.603. The summed E-state index contributed by atoms with van der Waals surface area (Å²) in [6.07, 6.45) is 0. The van der Waals surface area contributed by atoms with Crippen molar-refractivity contribution in [3.63, 3.8) is 0 Å². The Morgan fingerprint density at radius 3 is 0.912 bits per heavy atom. The highest BCUT2D eigenvalue weighted by atomic mass is 16.2. The van der Waals surface area contributed by atoms with Crippen molar-refractivity contribution in [2.45, 2.75) is 83.1 Å². The van der Waals surface area contributed by atoms with E-state index in [1.165, 1.54) is 0 Å². The summed E-state index contributed by atoms with van der Waals surface area (Å²) in [5.41, 5.74) is 22.5. The molecule has 68 heavy (non-hydrogen) atoms. The third-order valence-corrected chi connectivity index (χ3v) is 13.2. The van der Waals surface area contributed by atoms with Crippen LogP contribution >= 0.6 is 0 Å². The minimum Gasteiger partial charge on any atom is -0.268 e. The van der Waals surface area contributed by atoms with Crippen LogP contribution in [0.15, 0.2) is 133 Å². The van der Waals surface area contributed by atoms with E-state index in [9.17, 15) is 0 Å². The first-order valence-corrected chi connectivity index (χ1v) is 23.4. The fraction of sp³-hybridized carbons (Fsp3) is 0.194. The van der Waals surface area contributed by atoms with Gasteiger partial charge in [-0.15, -0.1) is 0 Å². The minimum absolute atomic E-state index is 0.192. The van der Waals surface area contributed by atoms with Gasteiger partial charge in [-0.2, -0.15) is 0 Å². The molecule has 0 amide bonds. The van der Waals surface area contributed by atoms with Crippen LogP contribution in [-0.4, -0.2) is 30.9 Å². The summed E-state index contributed by atoms with van der Waals surface area (Å²) < 4.78 is 3.65. The number of aryl methyl sites for hydroxylation is 12. The Hall–Kier alpha value is -7.70. The van der Waals surface area contributed by atoms with Crippen molar-refractivity contribution in [1.82, 2.24) is 19.1 Å². The summed E-state index contributed by atoms with van der Waals surface area (Å²) in [6.45, 7) is 25.4. The Labute approximate surface area is 401 Å². The zero-order chi connectivity index (χ0) is 48.3. The fourth-order valence-corrected chi connectivity index (χ4v) is 10.9. The van der Waals surface area contributed by atoms with Crippen LogP contribution in [0.3, 0.4) is 0 Å². The summed E-state index contributed by atoms with van der Waals surface area (Å²) >= 11 is 0. The van der Waals surface area contributed by atoms with Crippen molar-refractivity contribution in [2.75, 3.05) is 0 Å². The maximum atomic E-state index is 15.4. The molecule has 0 N–H and O–H groups in total. The Balaban J connectivity index is 1.41. The van der Waals surface area contributed by atoms with Gasteiger partial charge in [-0.1, -0.05) is 125 Å². The number of imidazole rings is 2. The van der Waals surface area contributed by atoms with E-state index in [0.29, 0.717) is 33.9 Å². The normalized spacial score (nSPS) is 11.4. The third kappa shape index (κ3) is 8.04. The smallest absolute Gasteiger partial charge is 0.264 e. The monoisotopic (exact) mass is 890 g/mol. The maximum absolute atomic E-state index is 15.4. The number of carbonyl (C=O) groups excluding carboxylic acids is 2. The lowest BCUT2D eigenvalue weighted by molar-refractivity contribution is 0.0955. The molecule has 338 valence electrons. The molecule has 0 aliphatic heterocycles. The van der Waals surface area contributed by atoms with E-state index in [2.05, 4.69) is 132 Å². The van der Waals surface area contributed by atoms with Gasteiger partial charge in [0.2, 0.25) is 0 Å². The number of rotatable bonds is 8. The number of carbonyl (C=O) groups is 2. The predicted octanol–water partition coefficient (Wildman–Crippen LogP) is 15.2. The van der Waals surface area contributed by atoms with Crippen LogP contribution in [-0.2, 0) is 0 Å². The summed E-state index contributed by atoms with van der Waals surface area (Å²) in [5, 5.41) is 0. The van der Waals surface area contributed by atoms with Crippen LogP contribution < -0.4 is 0 Å². The van der Waals surface area contributed by atoms with Gasteiger partial charge >= 0.3 is 0 Å². The molecular formula is C62H58N4O2. The van der Waals surface area contributed by atoms with Crippen LogP contribution in [0.2, 0.25) is 0 Å². The molecular weight excluding hydrogens is 833 g/mol. The molecule has 0 aliphatic rings. The van der Waals surface area contributed by atoms with Gasteiger partial charge in [0.05, 0.1) is 22.8 Å². The zero-order valence-corrected chi connectivity index (χ0v) is 41.3. The highest BCUT2D eigenvalue weighted by molar-refractivity contribution is 6.06. The lowest BCUT2D eigenvalue weighted by Gasteiger charge is -2.18. The molecule has 6 heteroatoms. The second kappa shape index (κ2) is 17.8. The fourth-order valence-electron chi connectivity index (χ4n) is 10.9. The average Bonchev–Trinajstić information content (AvgIpc) is 3.85. The number of hydrogen-bond donors (Lipinski definition) is 0. The molecule has 2 heterocycles. The summed E-state index contributed by atoms with van der Waals surface area (Å²) in [4.78, 5) is 42.1. The van der Waals surface area contributed by atoms with E-state index < -0.39 is 0 Å². The lowest BCUT2D eigenvalue weighted by Crippen LogP contribution is -2.16. The van der Waals surface area contributed by atoms with Crippen molar-refractivity contribution in [2.24, 2.45) is 0 Å². The molecule has 0 atom stereocenters. The quantitative estimate of drug-likeness (QED) is 0.152. The van der Waals surface area contributed by atoms with Crippen LogP contribution in [0, 0.1) is 83.1 Å². The lowest BCUT2D eigenvalue weighted by atomic mass is 9.91. The standard InChI is InChI=1S/C62H58N4O2/c1-35-26-39(5)51(40(6)27-35)55-57(53-43(9)30-37(3)31-44(53)10)65(61(67)47-20-15-13-16-21-47)59(63-55)49-24-19-25-50(34-49)60-64-56(52-41(7)28-36(2)29-42(52)8)58(54-45(11)32-38(4)33-46(54)12)66(60)62(68)48-22-17-14-18-23-48/h13-34H,1-12H3. The Bertz CT molecular complexity index is 3170. The highest BCUT2D eigenvalue weighted by Crippen LogP contribution is 2.45. The largest absolute Gasteiger partial charge is 0.268 e. The Morgan fingerprint density at radius 2 is 0.618 bits per heavy atom. The second-order valence-corrected chi connectivity index (χ2v) is 19.0. The van der Waals surface area contributed by atoms with E-state index >= 15 is 9.59 Å². The Kier molecular flexibility index (Phi) is 11.9. The van der Waals surface area contributed by atoms with E-state index in [1.807, 2.05) is 94.1 Å². The van der Waals surface area contributed by atoms with Gasteiger partial charge in [0, 0.05) is 44.5 Å². The van der Waals surface area contributed by atoms with E-state index in [-0.39, 0.29) is 11.8 Å². The average molecular weight is 891 g/mol. The zero-order valence-electron chi connectivity index (χ0n) is 41.3. The van der Waals surface area contributed by atoms with Crippen molar-refractivity contribution in [3.8, 4) is 67.8 Å². The summed E-state index contributed by atoms with van der Waals surface area (Å²) in [6, 6.07) is 44.4. The molecule has 2 aromatic heterocycles. The van der Waals surface area contributed by atoms with Crippen molar-refractivity contribution in [3.05, 3.63) is 211 Å². The number of hydrogen-bond acceptors (Lipinski definition) is 4. The van der Waals surface area contributed by atoms with Crippen LogP contribution in [0.5, 0.6) is 0 Å². The van der Waals surface area contributed by atoms with Gasteiger partial charge in [-0.05, 0) is 158 Å². The van der Waals surface area contributed by atoms with Crippen LogP contribution in [0.1, 0.15) is 87.5 Å². The molecule has 0 radical (unpaired) electrons. The molecule has 0 aliphatic carbocycles. The van der Waals surface area contributed by atoms with Gasteiger partial charge < -0.3 is 0 Å². The molecule has 0 spiro atoms. The molecule has 0 bridgehead atoms. The van der Waals surface area contributed by atoms with Gasteiger partial charge in [-0.3, -0.25) is 18.7 Å². The second-order valence-electron chi connectivity index (χ2n) is 19.0. The number of nitrogens with zero attached hydrogens (tertiary/aromatic N) is 4. The van der Waals surface area contributed by atoms with Gasteiger partial charge in [-0.25, -0.2) is 9.97 Å². The first kappa shape index (κ1) is 45.5. The van der Waals surface area contributed by atoms with Crippen molar-refractivity contribution in [1.29, 1.82) is 0 Å². The SMILES string of the molecule is Cc1cc(C)c(-c2nc(-c3cccc(-c4nc(-c5c(C)cc(C)cc5C)c(-c5c(C)cc(C)cc5C)n4C(=O)c4ccccc4)c3)n(C(=O)c3ccccc3)c2-c2c(C)cc(C)cc2C)c(C)c1. The van der Waals surface area contributed by atoms with Crippen molar-refractivity contribution >= 4 is 11.8 Å². The molecule has 7 aromatic carbocycles. The van der Waals surface area contributed by atoms with Gasteiger partial charge in [0.25, 0.3) is 11.8 Å². The van der Waals surface area contributed by atoms with E-state index in [4.69, 9.17) is 9.97 Å². The molecule has 0 saturated carbocycles. The van der Waals surface area contributed by atoms with Crippen LogP contribution in [0.4, 0.5) is 0 Å². The summed E-state index contributed by atoms with van der Waals surface area (Å²) in [7, 11) is 0. The van der Waals surface area contributed by atoms with Crippen LogP contribution in [0.25, 0.3) is 67.8 Å². The first-order valence-electron chi connectivity index (χ1n) is 23.4. The molecule has 0 unspecified atom stereocenters. The topological polar surface area (TPSA) is 69.8 Å². The molecule has 0 fully saturated rings. The van der Waals surface area contributed by atoms with Crippen molar-refractivity contribution < 1.29 is 9.59 Å². The van der Waals surface area contributed by atoms with E-state index in [0.717, 1.165) is 112 Å².